The van der Waals surface area contributed by atoms with E-state index in [9.17, 15) is 9.90 Å². The Hall–Kier alpha value is -1.62. The van der Waals surface area contributed by atoms with Crippen LogP contribution >= 0.6 is 0 Å². The Balaban J connectivity index is 2.26. The molecule has 18 heavy (non-hydrogen) atoms. The van der Waals surface area contributed by atoms with Crippen LogP contribution in [0, 0.1) is 0 Å². The number of ether oxygens (including phenoxy) is 1. The van der Waals surface area contributed by atoms with Gasteiger partial charge in [0.25, 0.3) is 0 Å². The van der Waals surface area contributed by atoms with Crippen molar-refractivity contribution in [2.75, 3.05) is 0 Å². The Morgan fingerprint density at radius 2 is 2.22 bits per heavy atom. The largest absolute Gasteiger partial charge is 0.438 e. The first-order chi connectivity index (χ1) is 8.40. The van der Waals surface area contributed by atoms with E-state index < -0.39 is 17.4 Å². The first-order valence-corrected chi connectivity index (χ1v) is 6.02. The molecule has 2 rings (SSSR count). The Morgan fingerprint density at radius 3 is 2.72 bits per heavy atom. The molecule has 2 atom stereocenters. The number of aliphatic hydroxyl groups is 1. The minimum absolute atomic E-state index is 0.287. The van der Waals surface area contributed by atoms with E-state index in [1.807, 2.05) is 13.0 Å². The van der Waals surface area contributed by atoms with Gasteiger partial charge in [0.1, 0.15) is 0 Å². The molecule has 0 bridgehead atoms. The van der Waals surface area contributed by atoms with E-state index in [0.29, 0.717) is 6.42 Å². The van der Waals surface area contributed by atoms with Gasteiger partial charge in [-0.2, -0.15) is 0 Å². The third-order valence-corrected chi connectivity index (χ3v) is 3.80. The highest BCUT2D eigenvalue weighted by Crippen LogP contribution is 2.40. The van der Waals surface area contributed by atoms with E-state index in [0.717, 1.165) is 5.56 Å². The van der Waals surface area contributed by atoms with Crippen LogP contribution in [0.15, 0.2) is 24.5 Å². The summed E-state index contributed by atoms with van der Waals surface area (Å²) in [4.78, 5) is 17.2. The first-order valence-electron chi connectivity index (χ1n) is 6.02. The van der Waals surface area contributed by atoms with Crippen molar-refractivity contribution >= 4 is 6.09 Å². The fourth-order valence-electron chi connectivity index (χ4n) is 2.11. The number of pyridine rings is 1. The molecule has 1 aliphatic heterocycles. The van der Waals surface area contributed by atoms with Gasteiger partial charge in [-0.05, 0) is 31.9 Å². The summed E-state index contributed by atoms with van der Waals surface area (Å²) in [6.45, 7) is 5.52. The number of hydrogen-bond acceptors (Lipinski definition) is 4. The highest BCUT2D eigenvalue weighted by atomic mass is 16.6. The molecular weight excluding hydrogens is 232 g/mol. The minimum atomic E-state index is -1.32. The zero-order valence-corrected chi connectivity index (χ0v) is 10.9. The molecule has 0 radical (unpaired) electrons. The lowest BCUT2D eigenvalue weighted by Gasteiger charge is -2.36. The summed E-state index contributed by atoms with van der Waals surface area (Å²) in [7, 11) is 0. The summed E-state index contributed by atoms with van der Waals surface area (Å²) in [6, 6.07) is 3.66. The van der Waals surface area contributed by atoms with Gasteiger partial charge in [0.15, 0.2) is 11.3 Å². The van der Waals surface area contributed by atoms with Crippen LogP contribution in [0.1, 0.15) is 32.8 Å². The smallest absolute Gasteiger partial charge is 0.413 e. The Bertz CT molecular complexity index is 447. The van der Waals surface area contributed by atoms with E-state index in [4.69, 9.17) is 4.74 Å². The highest BCUT2D eigenvalue weighted by Gasteiger charge is 2.58. The van der Waals surface area contributed by atoms with E-state index in [2.05, 4.69) is 4.98 Å². The van der Waals surface area contributed by atoms with Crippen molar-refractivity contribution < 1.29 is 14.6 Å². The maximum Gasteiger partial charge on any atom is 0.413 e. The molecule has 0 saturated carbocycles. The van der Waals surface area contributed by atoms with E-state index >= 15 is 0 Å². The summed E-state index contributed by atoms with van der Waals surface area (Å²) < 4.78 is 5.31. The Kier molecular flexibility index (Phi) is 3.02. The molecule has 1 aromatic heterocycles. The average Bonchev–Trinajstić information content (AvgIpc) is 2.51. The van der Waals surface area contributed by atoms with Crippen LogP contribution < -0.4 is 0 Å². The quantitative estimate of drug-likeness (QED) is 0.890. The number of rotatable bonds is 3. The van der Waals surface area contributed by atoms with Crippen molar-refractivity contribution in [2.24, 2.45) is 0 Å². The lowest BCUT2D eigenvalue weighted by Crippen LogP contribution is -2.54. The number of hydrogen-bond donors (Lipinski definition) is 1. The molecule has 0 spiro atoms. The van der Waals surface area contributed by atoms with Crippen molar-refractivity contribution in [1.29, 1.82) is 0 Å². The summed E-state index contributed by atoms with van der Waals surface area (Å²) in [6.07, 6.45) is 3.40. The number of nitrogens with zero attached hydrogens (tertiary/aromatic N) is 2. The lowest BCUT2D eigenvalue weighted by atomic mass is 9.90. The lowest BCUT2D eigenvalue weighted by molar-refractivity contribution is -0.139. The van der Waals surface area contributed by atoms with Crippen molar-refractivity contribution in [3.63, 3.8) is 0 Å². The van der Waals surface area contributed by atoms with Gasteiger partial charge in [-0.1, -0.05) is 13.0 Å². The molecule has 1 aliphatic rings. The molecule has 1 saturated heterocycles. The van der Waals surface area contributed by atoms with Gasteiger partial charge in [0.2, 0.25) is 0 Å². The van der Waals surface area contributed by atoms with E-state index in [-0.39, 0.29) is 6.54 Å². The van der Waals surface area contributed by atoms with Crippen LogP contribution in [0.2, 0.25) is 0 Å². The standard InChI is InChI=1S/C13H18N2O3/c1-4-12(2)13(3,17)15(11(16)18-12)9-10-6-5-7-14-8-10/h5-8,17H,4,9H2,1-3H3/t12-,13+/m0/s1. The molecule has 1 fully saturated rings. The second kappa shape index (κ2) is 4.24. The fraction of sp³-hybridized carbons (Fsp3) is 0.538. The maximum atomic E-state index is 11.9. The van der Waals surface area contributed by atoms with E-state index in [1.54, 1.807) is 32.3 Å². The van der Waals surface area contributed by atoms with Gasteiger partial charge >= 0.3 is 6.09 Å². The van der Waals surface area contributed by atoms with Crippen LogP contribution in [0.4, 0.5) is 4.79 Å². The zero-order valence-electron chi connectivity index (χ0n) is 10.9. The fourth-order valence-corrected chi connectivity index (χ4v) is 2.11. The van der Waals surface area contributed by atoms with Gasteiger partial charge in [0, 0.05) is 12.4 Å². The highest BCUT2D eigenvalue weighted by molar-refractivity contribution is 5.72. The summed E-state index contributed by atoms with van der Waals surface area (Å²) in [5.74, 6) is 0. The molecule has 2 heterocycles. The number of carbonyl (C=O) groups excluding carboxylic acids is 1. The van der Waals surface area contributed by atoms with Gasteiger partial charge in [-0.3, -0.25) is 9.88 Å². The summed E-state index contributed by atoms with van der Waals surface area (Å²) in [5, 5.41) is 10.6. The maximum absolute atomic E-state index is 11.9. The number of cyclic esters (lactones) is 1. The monoisotopic (exact) mass is 250 g/mol. The SMILES string of the molecule is CC[C@]1(C)OC(=O)N(Cc2cccnc2)[C@]1(C)O. The molecule has 98 valence electrons. The van der Waals surface area contributed by atoms with Crippen molar-refractivity contribution in [3.05, 3.63) is 30.1 Å². The van der Waals surface area contributed by atoms with Gasteiger partial charge in [0.05, 0.1) is 6.54 Å². The van der Waals surface area contributed by atoms with Crippen LogP contribution in [0.25, 0.3) is 0 Å². The summed E-state index contributed by atoms with van der Waals surface area (Å²) in [5.41, 5.74) is -1.35. The molecule has 5 nitrogen and oxygen atoms in total. The Morgan fingerprint density at radius 1 is 1.50 bits per heavy atom. The van der Waals surface area contributed by atoms with Crippen molar-refractivity contribution in [1.82, 2.24) is 9.88 Å². The normalized spacial score (nSPS) is 31.6. The second-order valence-corrected chi connectivity index (χ2v) is 4.92. The molecule has 1 N–H and O–H groups in total. The first kappa shape index (κ1) is 12.8. The molecule has 0 aliphatic carbocycles. The zero-order chi connectivity index (χ0) is 13.4. The molecular formula is C13H18N2O3. The minimum Gasteiger partial charge on any atom is -0.438 e. The predicted octanol–water partition coefficient (Wildman–Crippen LogP) is 1.91. The van der Waals surface area contributed by atoms with Crippen LogP contribution in [0.5, 0.6) is 0 Å². The molecule has 0 unspecified atom stereocenters. The third kappa shape index (κ3) is 1.84. The molecule has 1 amide bonds. The van der Waals surface area contributed by atoms with Crippen LogP contribution in [-0.2, 0) is 11.3 Å². The second-order valence-electron chi connectivity index (χ2n) is 4.92. The Labute approximate surface area is 106 Å². The third-order valence-electron chi connectivity index (χ3n) is 3.80. The number of amides is 1. The molecule has 1 aromatic rings. The number of aromatic nitrogens is 1. The predicted molar refractivity (Wildman–Crippen MR) is 65.6 cm³/mol. The van der Waals surface area contributed by atoms with Crippen molar-refractivity contribution in [2.45, 2.75) is 45.1 Å². The average molecular weight is 250 g/mol. The molecule has 5 heteroatoms. The van der Waals surface area contributed by atoms with Gasteiger partial charge in [-0.15, -0.1) is 0 Å². The van der Waals surface area contributed by atoms with Crippen LogP contribution in [-0.4, -0.2) is 32.4 Å². The summed E-state index contributed by atoms with van der Waals surface area (Å²) >= 11 is 0. The molecule has 0 aromatic carbocycles. The van der Waals surface area contributed by atoms with Gasteiger partial charge in [-0.25, -0.2) is 4.79 Å². The van der Waals surface area contributed by atoms with Crippen molar-refractivity contribution in [3.8, 4) is 0 Å². The van der Waals surface area contributed by atoms with Gasteiger partial charge < -0.3 is 9.84 Å². The number of carbonyl (C=O) groups is 1. The topological polar surface area (TPSA) is 62.7 Å². The van der Waals surface area contributed by atoms with Crippen LogP contribution in [0.3, 0.4) is 0 Å². The van der Waals surface area contributed by atoms with E-state index in [1.165, 1.54) is 4.90 Å².